The maximum absolute atomic E-state index is 11.9. The second-order valence-corrected chi connectivity index (χ2v) is 3.90. The van der Waals surface area contributed by atoms with Gasteiger partial charge in [0.05, 0.1) is 0 Å². The summed E-state index contributed by atoms with van der Waals surface area (Å²) in [5, 5.41) is 9.61. The third-order valence-corrected chi connectivity index (χ3v) is 2.63. The lowest BCUT2D eigenvalue weighted by Crippen LogP contribution is -2.26. The van der Waals surface area contributed by atoms with Gasteiger partial charge in [-0.25, -0.2) is 0 Å². The highest BCUT2D eigenvalue weighted by Gasteiger charge is 2.06. The average Bonchev–Trinajstić information content (AvgIpc) is 2.82. The Labute approximate surface area is 100 Å². The number of nitrogens with zero attached hydrogens (tertiary/aromatic N) is 1. The van der Waals surface area contributed by atoms with Crippen molar-refractivity contribution >= 4 is 5.91 Å². The number of rotatable bonds is 4. The number of carbonyl (C=O) groups excluding carboxylic acids is 1. The van der Waals surface area contributed by atoms with Gasteiger partial charge in [-0.3, -0.25) is 9.89 Å². The van der Waals surface area contributed by atoms with Crippen LogP contribution in [-0.2, 0) is 6.42 Å². The van der Waals surface area contributed by atoms with E-state index in [1.165, 1.54) is 0 Å². The van der Waals surface area contributed by atoms with Crippen LogP contribution in [0.4, 0.5) is 0 Å². The fraction of sp³-hybridized carbons (Fsp3) is 0.231. The van der Waals surface area contributed by atoms with Crippen LogP contribution in [-0.4, -0.2) is 22.6 Å². The molecule has 0 aliphatic rings. The van der Waals surface area contributed by atoms with Crippen molar-refractivity contribution in [2.24, 2.45) is 0 Å². The van der Waals surface area contributed by atoms with Crippen molar-refractivity contribution in [2.75, 3.05) is 6.54 Å². The van der Waals surface area contributed by atoms with E-state index in [9.17, 15) is 4.79 Å². The van der Waals surface area contributed by atoms with Crippen molar-refractivity contribution in [3.8, 4) is 0 Å². The van der Waals surface area contributed by atoms with E-state index in [0.717, 1.165) is 23.2 Å². The van der Waals surface area contributed by atoms with Crippen LogP contribution in [0, 0.1) is 6.92 Å². The van der Waals surface area contributed by atoms with E-state index < -0.39 is 0 Å². The topological polar surface area (TPSA) is 57.8 Å². The minimum absolute atomic E-state index is 0.0254. The summed E-state index contributed by atoms with van der Waals surface area (Å²) in [6, 6.07) is 9.47. The van der Waals surface area contributed by atoms with Gasteiger partial charge < -0.3 is 5.32 Å². The second kappa shape index (κ2) is 5.30. The zero-order valence-electron chi connectivity index (χ0n) is 9.73. The number of hydrogen-bond acceptors (Lipinski definition) is 2. The zero-order chi connectivity index (χ0) is 12.1. The molecular formula is C13H15N3O. The number of aryl methyl sites for hydroxylation is 1. The van der Waals surface area contributed by atoms with Crippen LogP contribution in [0.25, 0.3) is 0 Å². The van der Waals surface area contributed by atoms with Gasteiger partial charge in [-0.2, -0.15) is 5.10 Å². The molecule has 0 saturated carbocycles. The SMILES string of the molecule is Cc1ccccc1C(=O)NCCc1ccn[nH]1. The summed E-state index contributed by atoms with van der Waals surface area (Å²) >= 11 is 0. The number of amides is 1. The van der Waals surface area contributed by atoms with E-state index in [1.807, 2.05) is 37.3 Å². The van der Waals surface area contributed by atoms with Crippen molar-refractivity contribution in [2.45, 2.75) is 13.3 Å². The second-order valence-electron chi connectivity index (χ2n) is 3.90. The highest BCUT2D eigenvalue weighted by molar-refractivity contribution is 5.95. The lowest BCUT2D eigenvalue weighted by atomic mass is 10.1. The molecule has 0 radical (unpaired) electrons. The highest BCUT2D eigenvalue weighted by atomic mass is 16.1. The van der Waals surface area contributed by atoms with Crippen LogP contribution < -0.4 is 5.32 Å². The molecule has 0 atom stereocenters. The Morgan fingerprint density at radius 1 is 1.35 bits per heavy atom. The molecule has 1 amide bonds. The zero-order valence-corrected chi connectivity index (χ0v) is 9.73. The molecule has 4 heteroatoms. The predicted molar refractivity (Wildman–Crippen MR) is 65.8 cm³/mol. The molecule has 0 fully saturated rings. The molecule has 1 heterocycles. The summed E-state index contributed by atoms with van der Waals surface area (Å²) in [6.45, 7) is 2.54. The number of carbonyl (C=O) groups is 1. The van der Waals surface area contributed by atoms with Crippen LogP contribution >= 0.6 is 0 Å². The number of benzene rings is 1. The Morgan fingerprint density at radius 3 is 2.88 bits per heavy atom. The first kappa shape index (κ1) is 11.4. The fourth-order valence-corrected chi connectivity index (χ4v) is 1.66. The molecule has 17 heavy (non-hydrogen) atoms. The van der Waals surface area contributed by atoms with Crippen LogP contribution in [0.3, 0.4) is 0 Å². The molecule has 1 aromatic heterocycles. The first-order chi connectivity index (χ1) is 8.27. The molecule has 0 aliphatic heterocycles. The quantitative estimate of drug-likeness (QED) is 0.838. The van der Waals surface area contributed by atoms with Gasteiger partial charge in [0, 0.05) is 30.4 Å². The van der Waals surface area contributed by atoms with Crippen LogP contribution in [0.15, 0.2) is 36.5 Å². The first-order valence-electron chi connectivity index (χ1n) is 5.59. The summed E-state index contributed by atoms with van der Waals surface area (Å²) in [5.74, 6) is -0.0254. The molecule has 4 nitrogen and oxygen atoms in total. The van der Waals surface area contributed by atoms with Gasteiger partial charge in [0.1, 0.15) is 0 Å². The van der Waals surface area contributed by atoms with Gasteiger partial charge >= 0.3 is 0 Å². The van der Waals surface area contributed by atoms with E-state index in [-0.39, 0.29) is 5.91 Å². The third-order valence-electron chi connectivity index (χ3n) is 2.63. The summed E-state index contributed by atoms with van der Waals surface area (Å²) in [5.41, 5.74) is 2.75. The van der Waals surface area contributed by atoms with Gasteiger partial charge in [-0.15, -0.1) is 0 Å². The molecule has 0 spiro atoms. The van der Waals surface area contributed by atoms with Crippen molar-refractivity contribution in [3.63, 3.8) is 0 Å². The number of H-pyrrole nitrogens is 1. The van der Waals surface area contributed by atoms with E-state index in [2.05, 4.69) is 15.5 Å². The molecule has 88 valence electrons. The lowest BCUT2D eigenvalue weighted by Gasteiger charge is -2.06. The van der Waals surface area contributed by atoms with Crippen molar-refractivity contribution in [3.05, 3.63) is 53.3 Å². The smallest absolute Gasteiger partial charge is 0.251 e. The maximum atomic E-state index is 11.9. The number of aromatic nitrogens is 2. The third kappa shape index (κ3) is 2.93. The Bertz CT molecular complexity index is 491. The van der Waals surface area contributed by atoms with Crippen molar-refractivity contribution in [1.82, 2.24) is 15.5 Å². The maximum Gasteiger partial charge on any atom is 0.251 e. The van der Waals surface area contributed by atoms with Gasteiger partial charge in [0.2, 0.25) is 0 Å². The van der Waals surface area contributed by atoms with Crippen LogP contribution in [0.2, 0.25) is 0 Å². The Balaban J connectivity index is 1.88. The van der Waals surface area contributed by atoms with Crippen molar-refractivity contribution in [1.29, 1.82) is 0 Å². The van der Waals surface area contributed by atoms with Gasteiger partial charge in [0.15, 0.2) is 0 Å². The summed E-state index contributed by atoms with van der Waals surface area (Å²) in [4.78, 5) is 11.9. The van der Waals surface area contributed by atoms with E-state index in [0.29, 0.717) is 6.54 Å². The number of hydrogen-bond donors (Lipinski definition) is 2. The molecule has 0 saturated heterocycles. The van der Waals surface area contributed by atoms with E-state index >= 15 is 0 Å². The molecule has 0 aliphatic carbocycles. The predicted octanol–water partition coefficient (Wildman–Crippen LogP) is 1.69. The summed E-state index contributed by atoms with van der Waals surface area (Å²) in [6.07, 6.45) is 2.47. The molecule has 2 N–H and O–H groups in total. The Kier molecular flexibility index (Phi) is 3.55. The molecule has 2 rings (SSSR count). The highest BCUT2D eigenvalue weighted by Crippen LogP contribution is 2.06. The first-order valence-corrected chi connectivity index (χ1v) is 5.59. The molecule has 1 aromatic carbocycles. The average molecular weight is 229 g/mol. The molecule has 2 aromatic rings. The van der Waals surface area contributed by atoms with E-state index in [4.69, 9.17) is 0 Å². The number of nitrogens with one attached hydrogen (secondary N) is 2. The summed E-state index contributed by atoms with van der Waals surface area (Å²) in [7, 11) is 0. The minimum Gasteiger partial charge on any atom is -0.352 e. The molecule has 0 unspecified atom stereocenters. The minimum atomic E-state index is -0.0254. The Morgan fingerprint density at radius 2 is 2.18 bits per heavy atom. The van der Waals surface area contributed by atoms with Crippen molar-refractivity contribution < 1.29 is 4.79 Å². The summed E-state index contributed by atoms with van der Waals surface area (Å²) < 4.78 is 0. The molecular weight excluding hydrogens is 214 g/mol. The van der Waals surface area contributed by atoms with Gasteiger partial charge in [-0.1, -0.05) is 18.2 Å². The lowest BCUT2D eigenvalue weighted by molar-refractivity contribution is 0.0953. The largest absolute Gasteiger partial charge is 0.352 e. The monoisotopic (exact) mass is 229 g/mol. The normalized spacial score (nSPS) is 10.2. The van der Waals surface area contributed by atoms with Crippen LogP contribution in [0.5, 0.6) is 0 Å². The van der Waals surface area contributed by atoms with Crippen LogP contribution in [0.1, 0.15) is 21.6 Å². The standard InChI is InChI=1S/C13H15N3O/c1-10-4-2-3-5-12(10)13(17)14-8-6-11-7-9-15-16-11/h2-5,7,9H,6,8H2,1H3,(H,14,17)(H,15,16). The van der Waals surface area contributed by atoms with Gasteiger partial charge in [0.25, 0.3) is 5.91 Å². The number of aromatic amines is 1. The van der Waals surface area contributed by atoms with E-state index in [1.54, 1.807) is 6.20 Å². The Hall–Kier alpha value is -2.10. The van der Waals surface area contributed by atoms with Gasteiger partial charge in [-0.05, 0) is 24.6 Å². The molecule has 0 bridgehead atoms. The fourth-order valence-electron chi connectivity index (χ4n) is 1.66.